The minimum Gasteiger partial charge on any atom is -0.367 e. The molecule has 2 fully saturated rings. The van der Waals surface area contributed by atoms with E-state index in [2.05, 4.69) is 21.8 Å². The lowest BCUT2D eigenvalue weighted by Crippen LogP contribution is -2.47. The zero-order valence-electron chi connectivity index (χ0n) is 11.9. The first kappa shape index (κ1) is 12.7. The number of carbonyl (C=O) groups excluding carboxylic acids is 1. The number of likely N-dealkylation sites (tertiary alicyclic amines) is 2. The number of carbonyl (C=O) groups is 1. The molecule has 1 spiro atoms. The Morgan fingerprint density at radius 1 is 1.26 bits per heavy atom. The third-order valence-electron chi connectivity index (χ3n) is 4.76. The predicted molar refractivity (Wildman–Crippen MR) is 75.2 cm³/mol. The molecule has 2 aliphatic rings. The molecule has 0 radical (unpaired) electrons. The molecule has 2 saturated heterocycles. The van der Waals surface area contributed by atoms with Gasteiger partial charge in [0.25, 0.3) is 5.91 Å². The van der Waals surface area contributed by atoms with Crippen LogP contribution < -0.4 is 0 Å². The Hall–Kier alpha value is -1.29. The van der Waals surface area contributed by atoms with Crippen LogP contribution in [0.1, 0.15) is 35.2 Å². The van der Waals surface area contributed by atoms with Gasteiger partial charge in [-0.1, -0.05) is 0 Å². The van der Waals surface area contributed by atoms with Gasteiger partial charge < -0.3 is 14.8 Å². The number of aromatic nitrogens is 1. The first-order chi connectivity index (χ1) is 9.10. The minimum absolute atomic E-state index is 0.201. The number of aryl methyl sites for hydroxylation is 1. The third-order valence-corrected chi connectivity index (χ3v) is 4.76. The van der Waals surface area contributed by atoms with Gasteiger partial charge in [0.05, 0.1) is 5.56 Å². The monoisotopic (exact) mass is 261 g/mol. The van der Waals surface area contributed by atoms with E-state index in [4.69, 9.17) is 0 Å². The lowest BCUT2D eigenvalue weighted by atomic mass is 9.79. The molecule has 1 unspecified atom stereocenters. The van der Waals surface area contributed by atoms with E-state index in [0.717, 1.165) is 37.2 Å². The number of hydrogen-bond acceptors (Lipinski definition) is 2. The zero-order chi connectivity index (χ0) is 13.5. The molecule has 2 aliphatic heterocycles. The largest absolute Gasteiger partial charge is 0.367 e. The van der Waals surface area contributed by atoms with E-state index < -0.39 is 0 Å². The summed E-state index contributed by atoms with van der Waals surface area (Å²) in [7, 11) is 2.19. The van der Waals surface area contributed by atoms with Crippen molar-refractivity contribution >= 4 is 5.91 Å². The molecule has 0 aromatic carbocycles. The molecular formula is C15H23N3O. The SMILES string of the molecule is Cc1c[nH]cc1C(=O)N1CCCC2(CCN(C)C2)C1. The van der Waals surface area contributed by atoms with Gasteiger partial charge in [-0.05, 0) is 45.3 Å². The van der Waals surface area contributed by atoms with Crippen molar-refractivity contribution in [1.82, 2.24) is 14.8 Å². The molecule has 3 rings (SSSR count). The van der Waals surface area contributed by atoms with E-state index >= 15 is 0 Å². The smallest absolute Gasteiger partial charge is 0.255 e. The summed E-state index contributed by atoms with van der Waals surface area (Å²) in [4.78, 5) is 20.1. The van der Waals surface area contributed by atoms with Crippen LogP contribution in [-0.4, -0.2) is 53.9 Å². The van der Waals surface area contributed by atoms with Gasteiger partial charge in [-0.3, -0.25) is 4.79 Å². The predicted octanol–water partition coefficient (Wildman–Crippen LogP) is 1.88. The van der Waals surface area contributed by atoms with Crippen LogP contribution in [0.2, 0.25) is 0 Å². The van der Waals surface area contributed by atoms with Gasteiger partial charge in [0.15, 0.2) is 0 Å². The summed E-state index contributed by atoms with van der Waals surface area (Å²) in [6.45, 7) is 6.15. The third kappa shape index (κ3) is 2.29. The lowest BCUT2D eigenvalue weighted by molar-refractivity contribution is 0.0534. The highest BCUT2D eigenvalue weighted by atomic mass is 16.2. The van der Waals surface area contributed by atoms with Crippen LogP contribution in [-0.2, 0) is 0 Å². The molecule has 4 heteroatoms. The van der Waals surface area contributed by atoms with E-state index in [-0.39, 0.29) is 5.91 Å². The maximum absolute atomic E-state index is 12.6. The first-order valence-electron chi connectivity index (χ1n) is 7.21. The van der Waals surface area contributed by atoms with E-state index in [0.29, 0.717) is 5.41 Å². The second-order valence-electron chi connectivity index (χ2n) is 6.37. The van der Waals surface area contributed by atoms with Crippen LogP contribution in [0.5, 0.6) is 0 Å². The summed E-state index contributed by atoms with van der Waals surface area (Å²) in [5.41, 5.74) is 2.24. The van der Waals surface area contributed by atoms with Crippen molar-refractivity contribution in [3.05, 3.63) is 23.5 Å². The Morgan fingerprint density at radius 2 is 2.11 bits per heavy atom. The van der Waals surface area contributed by atoms with Gasteiger partial charge >= 0.3 is 0 Å². The van der Waals surface area contributed by atoms with Crippen LogP contribution in [0.3, 0.4) is 0 Å². The van der Waals surface area contributed by atoms with Crippen molar-refractivity contribution in [3.63, 3.8) is 0 Å². The molecule has 4 nitrogen and oxygen atoms in total. The maximum Gasteiger partial charge on any atom is 0.255 e. The fourth-order valence-corrected chi connectivity index (χ4v) is 3.72. The first-order valence-corrected chi connectivity index (χ1v) is 7.21. The van der Waals surface area contributed by atoms with Gasteiger partial charge in [0.2, 0.25) is 0 Å². The minimum atomic E-state index is 0.201. The van der Waals surface area contributed by atoms with Gasteiger partial charge in [0.1, 0.15) is 0 Å². The molecule has 104 valence electrons. The molecule has 1 aromatic heterocycles. The summed E-state index contributed by atoms with van der Waals surface area (Å²) >= 11 is 0. The van der Waals surface area contributed by atoms with Crippen LogP contribution in [0, 0.1) is 12.3 Å². The number of nitrogens with zero attached hydrogens (tertiary/aromatic N) is 2. The Labute approximate surface area is 114 Å². The van der Waals surface area contributed by atoms with Crippen molar-refractivity contribution in [3.8, 4) is 0 Å². The second-order valence-corrected chi connectivity index (χ2v) is 6.37. The maximum atomic E-state index is 12.6. The van der Waals surface area contributed by atoms with Gasteiger partial charge in [-0.15, -0.1) is 0 Å². The number of H-pyrrole nitrogens is 1. The Balaban J connectivity index is 1.75. The van der Waals surface area contributed by atoms with Crippen LogP contribution in [0.15, 0.2) is 12.4 Å². The topological polar surface area (TPSA) is 39.3 Å². The highest BCUT2D eigenvalue weighted by molar-refractivity contribution is 5.95. The Morgan fingerprint density at radius 3 is 2.74 bits per heavy atom. The number of amides is 1. The van der Waals surface area contributed by atoms with Gasteiger partial charge in [-0.25, -0.2) is 0 Å². The molecule has 0 saturated carbocycles. The molecule has 1 aromatic rings. The highest BCUT2D eigenvalue weighted by Crippen LogP contribution is 2.38. The molecule has 1 amide bonds. The fraction of sp³-hybridized carbons (Fsp3) is 0.667. The summed E-state index contributed by atoms with van der Waals surface area (Å²) in [5, 5.41) is 0. The molecule has 0 bridgehead atoms. The summed E-state index contributed by atoms with van der Waals surface area (Å²) in [6.07, 6.45) is 7.38. The Kier molecular flexibility index (Phi) is 3.13. The van der Waals surface area contributed by atoms with E-state index in [1.165, 1.54) is 19.4 Å². The molecular weight excluding hydrogens is 238 g/mol. The van der Waals surface area contributed by atoms with Gasteiger partial charge in [0, 0.05) is 37.4 Å². The average Bonchev–Trinajstić information content (AvgIpc) is 2.96. The van der Waals surface area contributed by atoms with Crippen molar-refractivity contribution < 1.29 is 4.79 Å². The van der Waals surface area contributed by atoms with E-state index in [1.54, 1.807) is 0 Å². The normalized spacial score (nSPS) is 28.2. The number of rotatable bonds is 1. The van der Waals surface area contributed by atoms with Crippen molar-refractivity contribution in [2.24, 2.45) is 5.41 Å². The van der Waals surface area contributed by atoms with Crippen LogP contribution in [0.4, 0.5) is 0 Å². The van der Waals surface area contributed by atoms with E-state index in [9.17, 15) is 4.79 Å². The molecule has 1 N–H and O–H groups in total. The number of hydrogen-bond donors (Lipinski definition) is 1. The lowest BCUT2D eigenvalue weighted by Gasteiger charge is -2.40. The van der Waals surface area contributed by atoms with Crippen LogP contribution in [0.25, 0.3) is 0 Å². The van der Waals surface area contributed by atoms with Gasteiger partial charge in [-0.2, -0.15) is 0 Å². The van der Waals surface area contributed by atoms with Crippen LogP contribution >= 0.6 is 0 Å². The second kappa shape index (κ2) is 4.67. The highest BCUT2D eigenvalue weighted by Gasteiger charge is 2.41. The van der Waals surface area contributed by atoms with Crippen molar-refractivity contribution in [2.45, 2.75) is 26.2 Å². The summed E-state index contributed by atoms with van der Waals surface area (Å²) in [6, 6.07) is 0. The number of aromatic amines is 1. The number of nitrogens with one attached hydrogen (secondary N) is 1. The fourth-order valence-electron chi connectivity index (χ4n) is 3.72. The van der Waals surface area contributed by atoms with Crippen molar-refractivity contribution in [2.75, 3.05) is 33.2 Å². The summed E-state index contributed by atoms with van der Waals surface area (Å²) < 4.78 is 0. The standard InChI is InChI=1S/C15H23N3O/c1-12-8-16-9-13(12)14(19)18-6-3-4-15(11-18)5-7-17(2)10-15/h8-9,16H,3-7,10-11H2,1-2H3. The molecule has 3 heterocycles. The zero-order valence-corrected chi connectivity index (χ0v) is 11.9. The summed E-state index contributed by atoms with van der Waals surface area (Å²) in [5.74, 6) is 0.201. The Bertz CT molecular complexity index is 477. The number of piperidine rings is 1. The average molecular weight is 261 g/mol. The van der Waals surface area contributed by atoms with E-state index in [1.807, 2.05) is 19.3 Å². The van der Waals surface area contributed by atoms with Crippen molar-refractivity contribution in [1.29, 1.82) is 0 Å². The molecule has 0 aliphatic carbocycles. The molecule has 1 atom stereocenters. The molecule has 19 heavy (non-hydrogen) atoms. The quantitative estimate of drug-likeness (QED) is 0.838.